The average Bonchev–Trinajstić information content (AvgIpc) is 1.88. The molecule has 1 aromatic rings. The maximum atomic E-state index is 8.32. The van der Waals surface area contributed by atoms with E-state index in [4.69, 9.17) is 5.26 Å². The highest BCUT2D eigenvalue weighted by molar-refractivity contribution is 5.16. The van der Waals surface area contributed by atoms with Gasteiger partial charge < -0.3 is 0 Å². The van der Waals surface area contributed by atoms with Gasteiger partial charge in [-0.1, -0.05) is 0 Å². The summed E-state index contributed by atoms with van der Waals surface area (Å²) >= 11 is 0. The lowest BCUT2D eigenvalue weighted by atomic mass is 10.2. The maximum absolute atomic E-state index is 8.32. The van der Waals surface area contributed by atoms with Crippen molar-refractivity contribution in [2.24, 2.45) is 0 Å². The Morgan fingerprint density at radius 2 is 2.50 bits per heavy atom. The summed E-state index contributed by atoms with van der Waals surface area (Å²) < 4.78 is 0. The Bertz CT molecular complexity index is 260. The summed E-state index contributed by atoms with van der Waals surface area (Å²) in [5.74, 6) is 0. The highest BCUT2D eigenvalue weighted by Crippen LogP contribution is 1.99. The quantitative estimate of drug-likeness (QED) is 0.580. The SMILES string of the molecule is Cc1ccnc(CC#N)c1. The van der Waals surface area contributed by atoms with E-state index in [1.54, 1.807) is 6.20 Å². The van der Waals surface area contributed by atoms with E-state index in [9.17, 15) is 0 Å². The van der Waals surface area contributed by atoms with Crippen LogP contribution in [0.5, 0.6) is 0 Å². The van der Waals surface area contributed by atoms with E-state index in [-0.39, 0.29) is 0 Å². The molecule has 1 aromatic heterocycles. The first-order valence-corrected chi connectivity index (χ1v) is 3.11. The molecule has 0 N–H and O–H groups in total. The fourth-order valence-electron chi connectivity index (χ4n) is 0.776. The molecular weight excluding hydrogens is 124 g/mol. The lowest BCUT2D eigenvalue weighted by Gasteiger charge is -1.93. The van der Waals surface area contributed by atoms with Gasteiger partial charge in [0, 0.05) is 6.20 Å². The molecular formula is C8H8N2. The summed E-state index contributed by atoms with van der Waals surface area (Å²) in [4.78, 5) is 4.01. The number of aryl methyl sites for hydroxylation is 1. The molecule has 2 heteroatoms. The van der Waals surface area contributed by atoms with Gasteiger partial charge in [0.05, 0.1) is 18.2 Å². The lowest BCUT2D eigenvalue weighted by molar-refractivity contribution is 1.10. The second-order valence-electron chi connectivity index (χ2n) is 2.16. The average molecular weight is 132 g/mol. The number of hydrogen-bond acceptors (Lipinski definition) is 2. The van der Waals surface area contributed by atoms with Crippen molar-refractivity contribution in [3.05, 3.63) is 29.6 Å². The number of rotatable bonds is 1. The smallest absolute Gasteiger partial charge is 0.0774 e. The van der Waals surface area contributed by atoms with Gasteiger partial charge in [-0.3, -0.25) is 4.98 Å². The molecule has 0 aromatic carbocycles. The zero-order valence-corrected chi connectivity index (χ0v) is 5.83. The molecule has 0 aliphatic heterocycles. The molecule has 1 rings (SSSR count). The molecule has 0 aliphatic carbocycles. The normalized spacial score (nSPS) is 8.80. The van der Waals surface area contributed by atoms with Crippen LogP contribution in [-0.2, 0) is 6.42 Å². The predicted molar refractivity (Wildman–Crippen MR) is 38.3 cm³/mol. The number of aromatic nitrogens is 1. The van der Waals surface area contributed by atoms with Crippen LogP contribution in [0.4, 0.5) is 0 Å². The standard InChI is InChI=1S/C8H8N2/c1-7-3-5-10-8(6-7)2-4-9/h3,5-6H,2H2,1H3. The fourth-order valence-corrected chi connectivity index (χ4v) is 0.776. The summed E-state index contributed by atoms with van der Waals surface area (Å²) in [5, 5.41) is 8.32. The van der Waals surface area contributed by atoms with Gasteiger partial charge in [-0.25, -0.2) is 0 Å². The minimum atomic E-state index is 0.404. The Morgan fingerprint density at radius 1 is 1.70 bits per heavy atom. The summed E-state index contributed by atoms with van der Waals surface area (Å²) in [6.45, 7) is 1.99. The third-order valence-electron chi connectivity index (χ3n) is 1.23. The first-order valence-electron chi connectivity index (χ1n) is 3.11. The van der Waals surface area contributed by atoms with E-state index >= 15 is 0 Å². The van der Waals surface area contributed by atoms with Gasteiger partial charge in [-0.05, 0) is 24.6 Å². The van der Waals surface area contributed by atoms with Crippen LogP contribution in [-0.4, -0.2) is 4.98 Å². The van der Waals surface area contributed by atoms with Crippen LogP contribution in [0.1, 0.15) is 11.3 Å². The molecule has 0 saturated heterocycles. The van der Waals surface area contributed by atoms with Crippen LogP contribution >= 0.6 is 0 Å². The van der Waals surface area contributed by atoms with Gasteiger partial charge in [0.25, 0.3) is 0 Å². The summed E-state index contributed by atoms with van der Waals surface area (Å²) in [5.41, 5.74) is 2.00. The van der Waals surface area contributed by atoms with Crippen molar-refractivity contribution in [3.8, 4) is 6.07 Å². The molecule has 1 heterocycles. The number of pyridine rings is 1. The van der Waals surface area contributed by atoms with E-state index in [1.165, 1.54) is 0 Å². The Labute approximate surface area is 60.1 Å². The van der Waals surface area contributed by atoms with Gasteiger partial charge in [0.15, 0.2) is 0 Å². The largest absolute Gasteiger partial charge is 0.260 e. The van der Waals surface area contributed by atoms with E-state index in [2.05, 4.69) is 4.98 Å². The van der Waals surface area contributed by atoms with Crippen LogP contribution in [0.3, 0.4) is 0 Å². The van der Waals surface area contributed by atoms with Crippen molar-refractivity contribution >= 4 is 0 Å². The maximum Gasteiger partial charge on any atom is 0.0774 e. The zero-order valence-electron chi connectivity index (χ0n) is 5.83. The first kappa shape index (κ1) is 6.76. The number of nitrogens with zero attached hydrogens (tertiary/aromatic N) is 2. The Balaban J connectivity index is 2.87. The van der Waals surface area contributed by atoms with Gasteiger partial charge in [-0.2, -0.15) is 5.26 Å². The Kier molecular flexibility index (Phi) is 2.01. The van der Waals surface area contributed by atoms with E-state index < -0.39 is 0 Å². The molecule has 0 fully saturated rings. The monoisotopic (exact) mass is 132 g/mol. The summed E-state index contributed by atoms with van der Waals surface area (Å²) in [7, 11) is 0. The van der Waals surface area contributed by atoms with Crippen LogP contribution < -0.4 is 0 Å². The zero-order chi connectivity index (χ0) is 7.40. The van der Waals surface area contributed by atoms with Crippen LogP contribution in [0.25, 0.3) is 0 Å². The molecule has 2 nitrogen and oxygen atoms in total. The third-order valence-corrected chi connectivity index (χ3v) is 1.23. The van der Waals surface area contributed by atoms with E-state index in [1.807, 2.05) is 25.1 Å². The summed E-state index contributed by atoms with van der Waals surface area (Å²) in [6.07, 6.45) is 2.13. The highest BCUT2D eigenvalue weighted by atomic mass is 14.7. The summed E-state index contributed by atoms with van der Waals surface area (Å²) in [6, 6.07) is 5.89. The molecule has 0 atom stereocenters. The molecule has 0 saturated carbocycles. The number of hydrogen-bond donors (Lipinski definition) is 0. The van der Waals surface area contributed by atoms with Gasteiger partial charge in [-0.15, -0.1) is 0 Å². The van der Waals surface area contributed by atoms with E-state index in [0.29, 0.717) is 6.42 Å². The second kappa shape index (κ2) is 2.98. The first-order chi connectivity index (χ1) is 4.83. The fraction of sp³-hybridized carbons (Fsp3) is 0.250. The molecule has 0 bridgehead atoms. The minimum absolute atomic E-state index is 0.404. The molecule has 0 amide bonds. The molecule has 50 valence electrons. The minimum Gasteiger partial charge on any atom is -0.260 e. The molecule has 0 unspecified atom stereocenters. The molecule has 0 radical (unpaired) electrons. The topological polar surface area (TPSA) is 36.7 Å². The number of nitriles is 1. The van der Waals surface area contributed by atoms with Gasteiger partial charge in [0.1, 0.15) is 0 Å². The third kappa shape index (κ3) is 1.56. The van der Waals surface area contributed by atoms with Gasteiger partial charge >= 0.3 is 0 Å². The van der Waals surface area contributed by atoms with Crippen LogP contribution in [0.2, 0.25) is 0 Å². The van der Waals surface area contributed by atoms with Crippen LogP contribution in [0, 0.1) is 18.3 Å². The van der Waals surface area contributed by atoms with Crippen molar-refractivity contribution in [1.82, 2.24) is 4.98 Å². The molecule has 0 spiro atoms. The van der Waals surface area contributed by atoms with E-state index in [0.717, 1.165) is 11.3 Å². The Morgan fingerprint density at radius 3 is 3.10 bits per heavy atom. The van der Waals surface area contributed by atoms with Crippen molar-refractivity contribution in [3.63, 3.8) is 0 Å². The van der Waals surface area contributed by atoms with Crippen LogP contribution in [0.15, 0.2) is 18.3 Å². The molecule has 0 aliphatic rings. The molecule has 10 heavy (non-hydrogen) atoms. The lowest BCUT2D eigenvalue weighted by Crippen LogP contribution is -1.86. The van der Waals surface area contributed by atoms with Crippen molar-refractivity contribution < 1.29 is 0 Å². The highest BCUT2D eigenvalue weighted by Gasteiger charge is 1.90. The Hall–Kier alpha value is -1.36. The van der Waals surface area contributed by atoms with Crippen molar-refractivity contribution in [2.75, 3.05) is 0 Å². The predicted octanol–water partition coefficient (Wildman–Crippen LogP) is 1.46. The second-order valence-corrected chi connectivity index (χ2v) is 2.16. The van der Waals surface area contributed by atoms with Crippen molar-refractivity contribution in [2.45, 2.75) is 13.3 Å². The van der Waals surface area contributed by atoms with Gasteiger partial charge in [0.2, 0.25) is 0 Å². The van der Waals surface area contributed by atoms with Crippen molar-refractivity contribution in [1.29, 1.82) is 5.26 Å².